The van der Waals surface area contributed by atoms with E-state index in [-0.39, 0.29) is 0 Å². The van der Waals surface area contributed by atoms with Crippen LogP contribution in [-0.4, -0.2) is 6.54 Å². The van der Waals surface area contributed by atoms with E-state index in [4.69, 9.17) is 0 Å². The second-order valence-electron chi connectivity index (χ2n) is 5.86. The number of hydrogen-bond donors (Lipinski definition) is 1. The second kappa shape index (κ2) is 6.94. The molecule has 1 fully saturated rings. The van der Waals surface area contributed by atoms with E-state index in [9.17, 15) is 0 Å². The van der Waals surface area contributed by atoms with Crippen LogP contribution in [0.1, 0.15) is 57.6 Å². The summed E-state index contributed by atoms with van der Waals surface area (Å²) in [6, 6.07) is 11.6. The Bertz CT molecular complexity index is 325. The largest absolute Gasteiger partial charge is 0.310 e. The summed E-state index contributed by atoms with van der Waals surface area (Å²) >= 11 is 0. The molecule has 1 heteroatoms. The zero-order chi connectivity index (χ0) is 12.8. The molecule has 1 aromatic rings. The molecule has 0 bridgehead atoms. The van der Waals surface area contributed by atoms with Gasteiger partial charge in [0.05, 0.1) is 0 Å². The highest BCUT2D eigenvalue weighted by Gasteiger charge is 2.26. The smallest absolute Gasteiger partial charge is 0.0348 e. The normalized spacial score (nSPS) is 25.9. The Hall–Kier alpha value is -0.820. The van der Waals surface area contributed by atoms with Crippen LogP contribution < -0.4 is 5.32 Å². The molecule has 1 saturated carbocycles. The van der Waals surface area contributed by atoms with Gasteiger partial charge in [0.15, 0.2) is 0 Å². The van der Waals surface area contributed by atoms with E-state index in [0.717, 1.165) is 18.4 Å². The van der Waals surface area contributed by atoms with Gasteiger partial charge in [0, 0.05) is 6.04 Å². The number of rotatable bonds is 5. The summed E-state index contributed by atoms with van der Waals surface area (Å²) in [5.41, 5.74) is 1.48. The first kappa shape index (κ1) is 13.6. The lowest BCUT2D eigenvalue weighted by molar-refractivity contribution is 0.231. The lowest BCUT2D eigenvalue weighted by Crippen LogP contribution is -2.31. The molecule has 0 heterocycles. The average Bonchev–Trinajstić information content (AvgIpc) is 2.42. The molecular weight excluding hydrogens is 218 g/mol. The molecule has 100 valence electrons. The SMILES string of the molecule is CCCNC(c1ccccc1)C1CCC(C)CC1. The second-order valence-corrected chi connectivity index (χ2v) is 5.86. The van der Waals surface area contributed by atoms with Gasteiger partial charge in [-0.2, -0.15) is 0 Å². The third-order valence-electron chi connectivity index (χ3n) is 4.30. The zero-order valence-corrected chi connectivity index (χ0v) is 11.9. The number of hydrogen-bond acceptors (Lipinski definition) is 1. The van der Waals surface area contributed by atoms with Crippen molar-refractivity contribution in [3.63, 3.8) is 0 Å². The van der Waals surface area contributed by atoms with Crippen LogP contribution in [0.4, 0.5) is 0 Å². The lowest BCUT2D eigenvalue weighted by Gasteiger charge is -2.33. The summed E-state index contributed by atoms with van der Waals surface area (Å²) in [4.78, 5) is 0. The van der Waals surface area contributed by atoms with Crippen LogP contribution in [0.2, 0.25) is 0 Å². The van der Waals surface area contributed by atoms with Crippen molar-refractivity contribution in [1.82, 2.24) is 5.32 Å². The minimum atomic E-state index is 0.568. The fourth-order valence-electron chi connectivity index (χ4n) is 3.14. The fourth-order valence-corrected chi connectivity index (χ4v) is 3.14. The Morgan fingerprint density at radius 2 is 1.78 bits per heavy atom. The van der Waals surface area contributed by atoms with Crippen molar-refractivity contribution >= 4 is 0 Å². The van der Waals surface area contributed by atoms with Gasteiger partial charge < -0.3 is 5.32 Å². The van der Waals surface area contributed by atoms with Gasteiger partial charge in [-0.1, -0.05) is 57.0 Å². The standard InChI is InChI=1S/C17H27N/c1-3-13-18-17(15-7-5-4-6-8-15)16-11-9-14(2)10-12-16/h4-8,14,16-18H,3,9-13H2,1-2H3. The van der Waals surface area contributed by atoms with Gasteiger partial charge in [0.2, 0.25) is 0 Å². The predicted octanol–water partition coefficient (Wildman–Crippen LogP) is 4.55. The van der Waals surface area contributed by atoms with Gasteiger partial charge >= 0.3 is 0 Å². The van der Waals surface area contributed by atoms with Gasteiger partial charge in [0.25, 0.3) is 0 Å². The first-order valence-electron chi connectivity index (χ1n) is 7.59. The van der Waals surface area contributed by atoms with Crippen molar-refractivity contribution in [1.29, 1.82) is 0 Å². The molecule has 0 spiro atoms. The van der Waals surface area contributed by atoms with Crippen molar-refractivity contribution < 1.29 is 0 Å². The van der Waals surface area contributed by atoms with Gasteiger partial charge in [-0.25, -0.2) is 0 Å². The topological polar surface area (TPSA) is 12.0 Å². The predicted molar refractivity (Wildman–Crippen MR) is 78.6 cm³/mol. The van der Waals surface area contributed by atoms with E-state index >= 15 is 0 Å². The van der Waals surface area contributed by atoms with E-state index in [0.29, 0.717) is 6.04 Å². The monoisotopic (exact) mass is 245 g/mol. The maximum absolute atomic E-state index is 3.77. The molecule has 0 saturated heterocycles. The minimum Gasteiger partial charge on any atom is -0.310 e. The third kappa shape index (κ3) is 3.58. The Labute approximate surface area is 112 Å². The molecule has 1 aliphatic rings. The van der Waals surface area contributed by atoms with Gasteiger partial charge in [-0.15, -0.1) is 0 Å². The first-order valence-corrected chi connectivity index (χ1v) is 7.59. The summed E-state index contributed by atoms with van der Waals surface area (Å²) in [5, 5.41) is 3.77. The van der Waals surface area contributed by atoms with Crippen LogP contribution in [0.15, 0.2) is 30.3 Å². The molecule has 0 aromatic heterocycles. The van der Waals surface area contributed by atoms with Crippen molar-refractivity contribution in [2.75, 3.05) is 6.54 Å². The van der Waals surface area contributed by atoms with Crippen LogP contribution in [0.3, 0.4) is 0 Å². The zero-order valence-electron chi connectivity index (χ0n) is 11.9. The molecule has 0 aliphatic heterocycles. The molecular formula is C17H27N. The Morgan fingerprint density at radius 1 is 1.11 bits per heavy atom. The Kier molecular flexibility index (Phi) is 5.25. The van der Waals surface area contributed by atoms with Crippen LogP contribution in [0.25, 0.3) is 0 Å². The Balaban J connectivity index is 2.05. The van der Waals surface area contributed by atoms with E-state index < -0.39 is 0 Å². The molecule has 0 radical (unpaired) electrons. The molecule has 1 nitrogen and oxygen atoms in total. The average molecular weight is 245 g/mol. The highest BCUT2D eigenvalue weighted by molar-refractivity contribution is 5.20. The van der Waals surface area contributed by atoms with Gasteiger partial charge in [0.1, 0.15) is 0 Å². The molecule has 1 N–H and O–H groups in total. The summed E-state index contributed by atoms with van der Waals surface area (Å²) in [7, 11) is 0. The van der Waals surface area contributed by atoms with Gasteiger partial charge in [-0.05, 0) is 43.2 Å². The molecule has 1 unspecified atom stereocenters. The van der Waals surface area contributed by atoms with Crippen molar-refractivity contribution in [3.05, 3.63) is 35.9 Å². The van der Waals surface area contributed by atoms with E-state index in [1.165, 1.54) is 37.7 Å². The third-order valence-corrected chi connectivity index (χ3v) is 4.30. The van der Waals surface area contributed by atoms with Crippen molar-refractivity contribution in [3.8, 4) is 0 Å². The van der Waals surface area contributed by atoms with Crippen LogP contribution >= 0.6 is 0 Å². The maximum atomic E-state index is 3.77. The van der Waals surface area contributed by atoms with E-state index in [2.05, 4.69) is 49.5 Å². The molecule has 1 aromatic carbocycles. The summed E-state index contributed by atoms with van der Waals surface area (Å²) < 4.78 is 0. The van der Waals surface area contributed by atoms with E-state index in [1.54, 1.807) is 0 Å². The number of benzene rings is 1. The molecule has 2 rings (SSSR count). The lowest BCUT2D eigenvalue weighted by atomic mass is 9.77. The minimum absolute atomic E-state index is 0.568. The highest BCUT2D eigenvalue weighted by Crippen LogP contribution is 2.36. The van der Waals surface area contributed by atoms with E-state index in [1.807, 2.05) is 0 Å². The van der Waals surface area contributed by atoms with Crippen molar-refractivity contribution in [2.24, 2.45) is 11.8 Å². The maximum Gasteiger partial charge on any atom is 0.0348 e. The summed E-state index contributed by atoms with van der Waals surface area (Å²) in [6.45, 7) is 5.77. The summed E-state index contributed by atoms with van der Waals surface area (Å²) in [6.07, 6.45) is 6.80. The summed E-state index contributed by atoms with van der Waals surface area (Å²) in [5.74, 6) is 1.76. The van der Waals surface area contributed by atoms with Crippen LogP contribution in [0.5, 0.6) is 0 Å². The molecule has 0 amide bonds. The molecule has 18 heavy (non-hydrogen) atoms. The Morgan fingerprint density at radius 3 is 2.39 bits per heavy atom. The first-order chi connectivity index (χ1) is 8.81. The highest BCUT2D eigenvalue weighted by atomic mass is 14.9. The number of nitrogens with one attached hydrogen (secondary N) is 1. The van der Waals surface area contributed by atoms with Crippen molar-refractivity contribution in [2.45, 2.75) is 52.0 Å². The van der Waals surface area contributed by atoms with Gasteiger partial charge in [-0.3, -0.25) is 0 Å². The quantitative estimate of drug-likeness (QED) is 0.802. The molecule has 1 aliphatic carbocycles. The fraction of sp³-hybridized carbons (Fsp3) is 0.647. The van der Waals surface area contributed by atoms with Crippen LogP contribution in [-0.2, 0) is 0 Å². The molecule has 1 atom stereocenters. The van der Waals surface area contributed by atoms with Crippen LogP contribution in [0, 0.1) is 11.8 Å².